The number of carbonyl (C=O) groups is 1. The third-order valence-corrected chi connectivity index (χ3v) is 7.66. The van der Waals surface area contributed by atoms with Crippen LogP contribution in [0.15, 0.2) is 54.6 Å². The molecule has 0 atom stereocenters. The molecule has 2 aromatic rings. The Morgan fingerprint density at radius 1 is 0.732 bits per heavy atom. The summed E-state index contributed by atoms with van der Waals surface area (Å²) in [6, 6.07) is 16.1. The number of nitrogens with one attached hydrogen (secondary N) is 2. The van der Waals surface area contributed by atoms with Gasteiger partial charge >= 0.3 is 0 Å². The van der Waals surface area contributed by atoms with Crippen LogP contribution in [0.2, 0.25) is 0 Å². The van der Waals surface area contributed by atoms with Gasteiger partial charge < -0.3 is 19.7 Å². The van der Waals surface area contributed by atoms with Crippen molar-refractivity contribution in [2.45, 2.75) is 89.2 Å². The van der Waals surface area contributed by atoms with E-state index in [-0.39, 0.29) is 5.91 Å². The van der Waals surface area contributed by atoms with Gasteiger partial charge in [0.25, 0.3) is 5.91 Å². The highest BCUT2D eigenvalue weighted by Crippen LogP contribution is 2.13. The second kappa shape index (κ2) is 22.2. The van der Waals surface area contributed by atoms with Crippen LogP contribution in [-0.2, 0) is 15.9 Å². The molecular formula is C33H55N3O4S. The van der Waals surface area contributed by atoms with Crippen molar-refractivity contribution in [2.75, 3.05) is 46.2 Å². The van der Waals surface area contributed by atoms with E-state index >= 15 is 0 Å². The van der Waals surface area contributed by atoms with Crippen LogP contribution in [0.5, 0.6) is 0 Å². The zero-order valence-corrected chi connectivity index (χ0v) is 26.8. The van der Waals surface area contributed by atoms with E-state index in [9.17, 15) is 17.8 Å². The van der Waals surface area contributed by atoms with Gasteiger partial charge in [-0.2, -0.15) is 0 Å². The topological polar surface area (TPSA) is 94.0 Å². The number of amides is 1. The highest BCUT2D eigenvalue weighted by atomic mass is 32.2. The molecule has 0 aliphatic heterocycles. The molecule has 0 aromatic heterocycles. The first-order chi connectivity index (χ1) is 19.6. The fraction of sp³-hybridized carbons (Fsp3) is 0.606. The Kier molecular flexibility index (Phi) is 19.8. The maximum atomic E-state index is 12.2. The van der Waals surface area contributed by atoms with E-state index in [0.29, 0.717) is 5.56 Å². The summed E-state index contributed by atoms with van der Waals surface area (Å²) in [5, 5.41) is 3.04. The van der Waals surface area contributed by atoms with E-state index in [1.165, 1.54) is 83.6 Å². The number of unbranched alkanes of at least 4 members (excludes halogenated alkanes) is 12. The summed E-state index contributed by atoms with van der Waals surface area (Å²) in [6.45, 7) is 2.10. The fourth-order valence-corrected chi connectivity index (χ4v) is 5.14. The van der Waals surface area contributed by atoms with E-state index in [0.717, 1.165) is 24.2 Å². The highest BCUT2D eigenvalue weighted by molar-refractivity contribution is 7.84. The lowest BCUT2D eigenvalue weighted by atomic mass is 10.0. The Morgan fingerprint density at radius 3 is 1.63 bits per heavy atom. The molecule has 41 heavy (non-hydrogen) atoms. The number of anilines is 1. The summed E-state index contributed by atoms with van der Waals surface area (Å²) < 4.78 is 30.7. The molecule has 1 amide bonds. The monoisotopic (exact) mass is 589 g/mol. The van der Waals surface area contributed by atoms with E-state index in [1.807, 2.05) is 43.3 Å². The minimum absolute atomic E-state index is 0.0408. The van der Waals surface area contributed by atoms with Crippen molar-refractivity contribution in [3.63, 3.8) is 0 Å². The molecule has 8 heteroatoms. The molecule has 0 aliphatic rings. The average molecular weight is 590 g/mol. The molecule has 0 radical (unpaired) electrons. The Hall–Kier alpha value is -2.42. The first kappa shape index (κ1) is 36.6. The molecule has 0 fully saturated rings. The van der Waals surface area contributed by atoms with Gasteiger partial charge in [-0.1, -0.05) is 94.5 Å². The highest BCUT2D eigenvalue weighted by Gasteiger charge is 2.05. The molecule has 7 nitrogen and oxygen atoms in total. The van der Waals surface area contributed by atoms with Crippen molar-refractivity contribution in [3.05, 3.63) is 65.7 Å². The molecule has 2 N–H and O–H groups in total. The third kappa shape index (κ3) is 21.0. The zero-order chi connectivity index (χ0) is 30.3. The van der Waals surface area contributed by atoms with Crippen LogP contribution in [0.1, 0.15) is 99.4 Å². The van der Waals surface area contributed by atoms with Crippen molar-refractivity contribution in [3.8, 4) is 0 Å². The number of rotatable bonds is 20. The van der Waals surface area contributed by atoms with Crippen LogP contribution in [0.4, 0.5) is 5.69 Å². The van der Waals surface area contributed by atoms with Gasteiger partial charge in [-0.05, 0) is 49.1 Å². The van der Waals surface area contributed by atoms with Crippen LogP contribution < -0.4 is 15.1 Å². The summed E-state index contributed by atoms with van der Waals surface area (Å²) in [6.07, 6.45) is 17.6. The lowest BCUT2D eigenvalue weighted by molar-refractivity contribution is -0.858. The molecule has 0 aliphatic carbocycles. The Bertz CT molecular complexity index is 1030. The lowest BCUT2D eigenvalue weighted by Gasteiger charge is -2.12. The SMILES string of the molecule is CN(C)c1ccc(C(=O)NCCCCCCCCCCCCCCC[NH+](C)C)cc1.O=S(=O)([O-])Cc1ccccc1. The summed E-state index contributed by atoms with van der Waals surface area (Å²) in [4.78, 5) is 15.8. The van der Waals surface area contributed by atoms with Crippen molar-refractivity contribution in [2.24, 2.45) is 0 Å². The zero-order valence-electron chi connectivity index (χ0n) is 26.0. The number of quaternary nitrogens is 1. The molecule has 232 valence electrons. The van der Waals surface area contributed by atoms with Crippen molar-refractivity contribution in [1.29, 1.82) is 0 Å². The van der Waals surface area contributed by atoms with Crippen LogP contribution in [-0.4, -0.2) is 60.2 Å². The van der Waals surface area contributed by atoms with E-state index in [4.69, 9.17) is 0 Å². The maximum absolute atomic E-state index is 12.2. The molecule has 2 rings (SSSR count). The number of hydrogen-bond acceptors (Lipinski definition) is 5. The maximum Gasteiger partial charge on any atom is 0.251 e. The van der Waals surface area contributed by atoms with Gasteiger partial charge in [-0.25, -0.2) is 8.42 Å². The van der Waals surface area contributed by atoms with Crippen molar-refractivity contribution in [1.82, 2.24) is 5.32 Å². The predicted octanol–water partition coefficient (Wildman–Crippen LogP) is 5.43. The minimum atomic E-state index is -4.13. The largest absolute Gasteiger partial charge is 0.748 e. The number of carbonyl (C=O) groups excluding carboxylic acids is 1. The fourth-order valence-electron chi connectivity index (χ4n) is 4.54. The molecule has 0 saturated carbocycles. The molecule has 0 heterocycles. The predicted molar refractivity (Wildman–Crippen MR) is 171 cm³/mol. The first-order valence-corrected chi connectivity index (χ1v) is 17.0. The van der Waals surface area contributed by atoms with Gasteiger partial charge in [0.15, 0.2) is 0 Å². The van der Waals surface area contributed by atoms with Crippen LogP contribution >= 0.6 is 0 Å². The molecule has 0 spiro atoms. The summed E-state index contributed by atoms with van der Waals surface area (Å²) in [5.41, 5.74) is 2.39. The third-order valence-electron chi connectivity index (χ3n) is 6.97. The number of hydrogen-bond donors (Lipinski definition) is 2. The Balaban J connectivity index is 0.000000634. The smallest absolute Gasteiger partial charge is 0.251 e. The Morgan fingerprint density at radius 2 is 1.20 bits per heavy atom. The van der Waals surface area contributed by atoms with Gasteiger partial charge in [0.05, 0.1) is 36.5 Å². The second-order valence-corrected chi connectivity index (χ2v) is 12.8. The van der Waals surface area contributed by atoms with Gasteiger partial charge in [0, 0.05) is 31.9 Å². The van der Waals surface area contributed by atoms with Crippen molar-refractivity contribution >= 4 is 21.7 Å². The normalized spacial score (nSPS) is 11.2. The van der Waals surface area contributed by atoms with E-state index < -0.39 is 15.9 Å². The minimum Gasteiger partial charge on any atom is -0.748 e. The van der Waals surface area contributed by atoms with Crippen LogP contribution in [0.3, 0.4) is 0 Å². The lowest BCUT2D eigenvalue weighted by Crippen LogP contribution is -3.05. The second-order valence-electron chi connectivity index (χ2n) is 11.4. The summed E-state index contributed by atoms with van der Waals surface area (Å²) in [5.74, 6) is -0.382. The van der Waals surface area contributed by atoms with E-state index in [2.05, 4.69) is 19.4 Å². The van der Waals surface area contributed by atoms with Crippen molar-refractivity contribution < 1.29 is 22.7 Å². The number of nitrogens with zero attached hydrogens (tertiary/aromatic N) is 1. The summed E-state index contributed by atoms with van der Waals surface area (Å²) >= 11 is 0. The molecule has 0 bridgehead atoms. The summed E-state index contributed by atoms with van der Waals surface area (Å²) in [7, 11) is 4.36. The standard InChI is InChI=1S/C26H47N3O.C7H8O3S/c1-28(2)23-17-15-13-11-9-7-5-6-8-10-12-14-16-22-27-26(30)24-18-20-25(21-19-24)29(3)4;8-11(9,10)6-7-4-2-1-3-5-7/h18-21H,5-17,22-23H2,1-4H3,(H,27,30);1-5H,6H2,(H,8,9,10). The van der Waals surface area contributed by atoms with Gasteiger partial charge in [0.2, 0.25) is 0 Å². The Labute approximate surface area is 250 Å². The van der Waals surface area contributed by atoms with Gasteiger partial charge in [0.1, 0.15) is 0 Å². The van der Waals surface area contributed by atoms with E-state index in [1.54, 1.807) is 35.2 Å². The quantitative estimate of drug-likeness (QED) is 0.159. The molecule has 2 aromatic carbocycles. The molecule has 0 saturated heterocycles. The van der Waals surface area contributed by atoms with Gasteiger partial charge in [-0.3, -0.25) is 4.79 Å². The molecular weight excluding hydrogens is 534 g/mol. The molecule has 0 unspecified atom stereocenters. The number of benzene rings is 2. The van der Waals surface area contributed by atoms with Gasteiger partial charge in [-0.15, -0.1) is 0 Å². The van der Waals surface area contributed by atoms with Crippen LogP contribution in [0, 0.1) is 0 Å². The average Bonchev–Trinajstić information content (AvgIpc) is 2.92. The first-order valence-electron chi connectivity index (χ1n) is 15.4. The van der Waals surface area contributed by atoms with Crippen LogP contribution in [0.25, 0.3) is 0 Å².